The Kier molecular flexibility index (Phi) is 6.51. The fraction of sp³-hybridized carbons (Fsp3) is 0.385. The largest absolute Gasteiger partial charge is 0.399 e. The fourth-order valence-electron chi connectivity index (χ4n) is 5.15. The van der Waals surface area contributed by atoms with Gasteiger partial charge >= 0.3 is 0 Å². The van der Waals surface area contributed by atoms with E-state index in [0.717, 1.165) is 54.6 Å². The molecule has 34 heavy (non-hydrogen) atoms. The lowest BCUT2D eigenvalue weighted by molar-refractivity contribution is 0.0365. The van der Waals surface area contributed by atoms with Gasteiger partial charge in [0.05, 0.1) is 16.4 Å². The van der Waals surface area contributed by atoms with Crippen molar-refractivity contribution in [2.45, 2.75) is 64.5 Å². The number of fused-ring (bicyclic) bond motifs is 1. The maximum absolute atomic E-state index is 13.6. The molecule has 1 aliphatic carbocycles. The Balaban J connectivity index is 1.61. The van der Waals surface area contributed by atoms with Gasteiger partial charge in [-0.05, 0) is 98.2 Å². The molecule has 2 aromatic heterocycles. The number of aromatic nitrogens is 2. The number of amides is 1. The highest BCUT2D eigenvalue weighted by molar-refractivity contribution is 7.08. The summed E-state index contributed by atoms with van der Waals surface area (Å²) in [6.45, 7) is 4.33. The summed E-state index contributed by atoms with van der Waals surface area (Å²) in [6.07, 6.45) is 8.23. The number of rotatable bonds is 4. The van der Waals surface area contributed by atoms with Gasteiger partial charge < -0.3 is 5.73 Å². The van der Waals surface area contributed by atoms with E-state index < -0.39 is 0 Å². The summed E-state index contributed by atoms with van der Waals surface area (Å²) >= 11 is 8.28. The molecule has 1 amide bonds. The Bertz CT molecular complexity index is 1220. The van der Waals surface area contributed by atoms with Gasteiger partial charge in [-0.1, -0.05) is 18.0 Å². The number of nitrogens with two attached hydrogens (primary N) is 1. The van der Waals surface area contributed by atoms with E-state index in [1.807, 2.05) is 16.8 Å². The van der Waals surface area contributed by atoms with Crippen LogP contribution >= 0.6 is 22.9 Å². The van der Waals surface area contributed by atoms with Crippen LogP contribution in [0.4, 0.5) is 5.69 Å². The molecule has 0 spiro atoms. The molecule has 0 radical (unpaired) electrons. The maximum Gasteiger partial charge on any atom is 0.286 e. The second-order valence-corrected chi connectivity index (χ2v) is 10.5. The molecule has 0 saturated carbocycles. The van der Waals surface area contributed by atoms with Gasteiger partial charge in [0.15, 0.2) is 5.69 Å². The van der Waals surface area contributed by atoms with E-state index in [-0.39, 0.29) is 5.91 Å². The minimum atomic E-state index is -0.154. The molecule has 178 valence electrons. The van der Waals surface area contributed by atoms with Gasteiger partial charge in [0.25, 0.3) is 5.91 Å². The van der Waals surface area contributed by atoms with Crippen LogP contribution in [0.25, 0.3) is 17.3 Å². The van der Waals surface area contributed by atoms with E-state index in [2.05, 4.69) is 47.2 Å². The third-order valence-electron chi connectivity index (χ3n) is 6.88. The number of nitrogens with zero attached hydrogens (tertiary/aromatic N) is 3. The molecule has 1 saturated heterocycles. The van der Waals surface area contributed by atoms with Gasteiger partial charge in [-0.2, -0.15) is 16.4 Å². The van der Waals surface area contributed by atoms with Crippen molar-refractivity contribution in [1.29, 1.82) is 0 Å². The monoisotopic (exact) mass is 495 g/mol. The van der Waals surface area contributed by atoms with Crippen LogP contribution in [0.5, 0.6) is 0 Å². The molecule has 2 atom stereocenters. The minimum absolute atomic E-state index is 0.154. The lowest BCUT2D eigenvalue weighted by atomic mass is 9.90. The first-order valence-corrected chi connectivity index (χ1v) is 13.2. The Labute approximate surface area is 209 Å². The van der Waals surface area contributed by atoms with Crippen molar-refractivity contribution >= 4 is 46.2 Å². The molecule has 8 heteroatoms. The predicted molar refractivity (Wildman–Crippen MR) is 140 cm³/mol. The number of halogens is 1. The average molecular weight is 496 g/mol. The zero-order valence-corrected chi connectivity index (χ0v) is 21.1. The number of anilines is 1. The van der Waals surface area contributed by atoms with E-state index in [4.69, 9.17) is 22.4 Å². The van der Waals surface area contributed by atoms with Gasteiger partial charge in [0, 0.05) is 23.3 Å². The van der Waals surface area contributed by atoms with E-state index in [1.54, 1.807) is 17.4 Å². The lowest BCUT2D eigenvalue weighted by Crippen LogP contribution is -2.54. The summed E-state index contributed by atoms with van der Waals surface area (Å²) in [7, 11) is 0. The number of hydrogen-bond acceptors (Lipinski definition) is 5. The molecular formula is C26H30ClN5OS. The highest BCUT2D eigenvalue weighted by Crippen LogP contribution is 2.37. The number of nitrogen functional groups attached to an aromatic ring is 1. The molecular weight excluding hydrogens is 466 g/mol. The molecule has 1 aliphatic heterocycles. The number of nitrogens with one attached hydrogen (secondary N) is 1. The zero-order valence-electron chi connectivity index (χ0n) is 19.6. The van der Waals surface area contributed by atoms with Gasteiger partial charge in [0.1, 0.15) is 0 Å². The van der Waals surface area contributed by atoms with Gasteiger partial charge in [-0.3, -0.25) is 10.2 Å². The van der Waals surface area contributed by atoms with Crippen molar-refractivity contribution in [1.82, 2.24) is 20.2 Å². The minimum Gasteiger partial charge on any atom is -0.399 e. The highest BCUT2D eigenvalue weighted by atomic mass is 35.5. The second kappa shape index (κ2) is 9.56. The van der Waals surface area contributed by atoms with Crippen molar-refractivity contribution in [3.05, 3.63) is 62.6 Å². The first-order valence-electron chi connectivity index (χ1n) is 11.9. The van der Waals surface area contributed by atoms with Crippen molar-refractivity contribution in [3.8, 4) is 5.69 Å². The van der Waals surface area contributed by atoms with Crippen molar-refractivity contribution in [2.75, 3.05) is 5.73 Å². The Morgan fingerprint density at radius 3 is 2.71 bits per heavy atom. The SMILES string of the molecule is CC1CCCC(C)N1NC(=O)c1nn(-c2ccc(N)cc2Cl)c2c1CCC/C2=C\c1ccsc1. The molecule has 2 unspecified atom stereocenters. The molecule has 3 aromatic rings. The molecule has 6 nitrogen and oxygen atoms in total. The van der Waals surface area contributed by atoms with Crippen molar-refractivity contribution in [2.24, 2.45) is 0 Å². The topological polar surface area (TPSA) is 76.2 Å². The summed E-state index contributed by atoms with van der Waals surface area (Å²) in [5, 5.41) is 11.7. The average Bonchev–Trinajstić information content (AvgIpc) is 3.45. The first kappa shape index (κ1) is 23.1. The fourth-order valence-corrected chi connectivity index (χ4v) is 6.04. The number of carbonyl (C=O) groups excluding carboxylic acids is 1. The van der Waals surface area contributed by atoms with Crippen LogP contribution in [-0.2, 0) is 6.42 Å². The molecule has 3 N–H and O–H groups in total. The molecule has 1 fully saturated rings. The highest BCUT2D eigenvalue weighted by Gasteiger charge is 2.32. The van der Waals surface area contributed by atoms with E-state index in [0.29, 0.717) is 28.5 Å². The molecule has 5 rings (SSSR count). The van der Waals surface area contributed by atoms with E-state index in [9.17, 15) is 4.79 Å². The Morgan fingerprint density at radius 1 is 1.21 bits per heavy atom. The smallest absolute Gasteiger partial charge is 0.286 e. The molecule has 1 aromatic carbocycles. The zero-order chi connectivity index (χ0) is 23.8. The number of piperidine rings is 1. The normalized spacial score (nSPS) is 22.0. The summed E-state index contributed by atoms with van der Waals surface area (Å²) in [4.78, 5) is 13.6. The molecule has 2 aliphatic rings. The maximum atomic E-state index is 13.6. The number of benzene rings is 1. The Hall–Kier alpha value is -2.61. The van der Waals surface area contributed by atoms with Crippen LogP contribution in [0.1, 0.15) is 73.3 Å². The van der Waals surface area contributed by atoms with Crippen molar-refractivity contribution < 1.29 is 4.79 Å². The quantitative estimate of drug-likeness (QED) is 0.438. The number of allylic oxidation sites excluding steroid dienone is 1. The lowest BCUT2D eigenvalue weighted by Gasteiger charge is -2.38. The number of hydrazine groups is 1. The van der Waals surface area contributed by atoms with Gasteiger partial charge in [-0.15, -0.1) is 0 Å². The predicted octanol–water partition coefficient (Wildman–Crippen LogP) is 5.95. The Morgan fingerprint density at radius 2 is 2.00 bits per heavy atom. The standard InChI is InChI=1S/C26H30ClN5OS/c1-16-5-3-6-17(2)31(16)30-26(33)24-21-8-4-7-19(13-18-11-12-34-15-18)25(21)32(29-24)23-10-9-20(28)14-22(23)27/h9-17H,3-8,28H2,1-2H3,(H,30,33)/b19-13+. The summed E-state index contributed by atoms with van der Waals surface area (Å²) in [6, 6.07) is 8.12. The van der Waals surface area contributed by atoms with Crippen LogP contribution in [0.15, 0.2) is 35.0 Å². The van der Waals surface area contributed by atoms with Crippen molar-refractivity contribution in [3.63, 3.8) is 0 Å². The molecule has 3 heterocycles. The summed E-state index contributed by atoms with van der Waals surface area (Å²) < 4.78 is 1.84. The van der Waals surface area contributed by atoms with E-state index >= 15 is 0 Å². The summed E-state index contributed by atoms with van der Waals surface area (Å²) in [5.74, 6) is -0.154. The summed E-state index contributed by atoms with van der Waals surface area (Å²) in [5.41, 5.74) is 15.2. The van der Waals surface area contributed by atoms with E-state index in [1.165, 1.54) is 12.0 Å². The van der Waals surface area contributed by atoms with Crippen LogP contribution in [0, 0.1) is 0 Å². The first-order chi connectivity index (χ1) is 16.4. The van der Waals surface area contributed by atoms with Gasteiger partial charge in [0.2, 0.25) is 0 Å². The van der Waals surface area contributed by atoms with Crippen LogP contribution in [0.3, 0.4) is 0 Å². The number of carbonyl (C=O) groups is 1. The molecule has 0 bridgehead atoms. The van der Waals surface area contributed by atoms with Crippen LogP contribution in [-0.4, -0.2) is 32.8 Å². The third-order valence-corrected chi connectivity index (χ3v) is 7.89. The second-order valence-electron chi connectivity index (χ2n) is 9.36. The van der Waals surface area contributed by atoms with Crippen LogP contribution in [0.2, 0.25) is 5.02 Å². The van der Waals surface area contributed by atoms with Crippen LogP contribution < -0.4 is 11.2 Å². The number of hydrogen-bond donors (Lipinski definition) is 2. The third kappa shape index (κ3) is 4.40. The van der Waals surface area contributed by atoms with Gasteiger partial charge in [-0.25, -0.2) is 9.69 Å². The number of thiophene rings is 1.